The molecule has 0 bridgehead atoms. The summed E-state index contributed by atoms with van der Waals surface area (Å²) in [5, 5.41) is 2.30. The predicted molar refractivity (Wildman–Crippen MR) is 178 cm³/mol. The van der Waals surface area contributed by atoms with E-state index in [0.29, 0.717) is 5.95 Å². The van der Waals surface area contributed by atoms with E-state index in [4.69, 9.17) is 14.4 Å². The fourth-order valence-electron chi connectivity index (χ4n) is 6.03. The second-order valence-corrected chi connectivity index (χ2v) is 11.7. The van der Waals surface area contributed by atoms with Crippen molar-refractivity contribution in [1.29, 1.82) is 0 Å². The smallest absolute Gasteiger partial charge is 0.235 e. The molecule has 4 heterocycles. The standard InChI is InChI=1S/C38H23N3OS/c1-3-12-24(13-4-1)26-16-11-17-27(22-26)31-23-30(25-14-5-2-6-15-25)39-38(40-31)41-32-20-9-7-18-28(32)36-34(41)35-37(43-36)29-19-8-10-21-33(29)42-35/h1-23H. The van der Waals surface area contributed by atoms with Gasteiger partial charge in [0, 0.05) is 21.9 Å². The zero-order valence-corrected chi connectivity index (χ0v) is 23.8. The molecule has 202 valence electrons. The second-order valence-electron chi connectivity index (χ2n) is 10.6. The molecule has 0 aliphatic heterocycles. The van der Waals surface area contributed by atoms with Gasteiger partial charge in [0.15, 0.2) is 5.58 Å². The molecule has 0 radical (unpaired) electrons. The van der Waals surface area contributed by atoms with Crippen LogP contribution in [-0.4, -0.2) is 14.5 Å². The molecular weight excluding hydrogens is 547 g/mol. The van der Waals surface area contributed by atoms with Crippen molar-refractivity contribution in [3.8, 4) is 39.6 Å². The van der Waals surface area contributed by atoms with Crippen molar-refractivity contribution in [2.75, 3.05) is 0 Å². The van der Waals surface area contributed by atoms with Crippen LogP contribution in [0.25, 0.3) is 82.0 Å². The lowest BCUT2D eigenvalue weighted by Crippen LogP contribution is -2.04. The fourth-order valence-corrected chi connectivity index (χ4v) is 7.31. The van der Waals surface area contributed by atoms with Crippen molar-refractivity contribution in [2.45, 2.75) is 0 Å². The van der Waals surface area contributed by atoms with Gasteiger partial charge in [0.2, 0.25) is 5.95 Å². The third kappa shape index (κ3) is 3.83. The molecule has 9 aromatic rings. The SMILES string of the molecule is c1ccc(-c2cccc(-c3cc(-c4ccccc4)nc(-n4c5ccccc5c5sc6c7ccccc7oc6c54)n3)c2)cc1. The summed E-state index contributed by atoms with van der Waals surface area (Å²) < 4.78 is 11.0. The maximum absolute atomic E-state index is 6.53. The van der Waals surface area contributed by atoms with Crippen LogP contribution in [0.4, 0.5) is 0 Å². The molecule has 5 aromatic carbocycles. The zero-order valence-electron chi connectivity index (χ0n) is 22.9. The molecular formula is C38H23N3OS. The minimum absolute atomic E-state index is 0.618. The Morgan fingerprint density at radius 3 is 1.95 bits per heavy atom. The third-order valence-corrected chi connectivity index (χ3v) is 9.27. The molecule has 43 heavy (non-hydrogen) atoms. The quantitative estimate of drug-likeness (QED) is 0.212. The lowest BCUT2D eigenvalue weighted by atomic mass is 10.0. The Morgan fingerprint density at radius 1 is 0.512 bits per heavy atom. The fraction of sp³-hybridized carbons (Fsp3) is 0. The number of para-hydroxylation sites is 2. The van der Waals surface area contributed by atoms with Crippen molar-refractivity contribution in [2.24, 2.45) is 0 Å². The van der Waals surface area contributed by atoms with Crippen molar-refractivity contribution < 1.29 is 4.42 Å². The topological polar surface area (TPSA) is 43.9 Å². The highest BCUT2D eigenvalue weighted by Crippen LogP contribution is 2.46. The predicted octanol–water partition coefficient (Wildman–Crippen LogP) is 10.5. The Kier molecular flexibility index (Phi) is 5.33. The van der Waals surface area contributed by atoms with E-state index < -0.39 is 0 Å². The van der Waals surface area contributed by atoms with Gasteiger partial charge in [-0.15, -0.1) is 11.3 Å². The number of thiophene rings is 1. The summed E-state index contributed by atoms with van der Waals surface area (Å²) >= 11 is 1.77. The van der Waals surface area contributed by atoms with Crippen LogP contribution in [0.15, 0.2) is 144 Å². The van der Waals surface area contributed by atoms with Crippen LogP contribution >= 0.6 is 11.3 Å². The largest absolute Gasteiger partial charge is 0.453 e. The first-order valence-corrected chi connectivity index (χ1v) is 15.1. The Bertz CT molecular complexity index is 2450. The van der Waals surface area contributed by atoms with Crippen LogP contribution in [0.1, 0.15) is 0 Å². The number of hydrogen-bond donors (Lipinski definition) is 0. The van der Waals surface area contributed by atoms with E-state index in [1.807, 2.05) is 36.4 Å². The molecule has 0 aliphatic rings. The first kappa shape index (κ1) is 24.1. The van der Waals surface area contributed by atoms with Crippen molar-refractivity contribution in [3.05, 3.63) is 140 Å². The number of hydrogen-bond acceptors (Lipinski definition) is 4. The van der Waals surface area contributed by atoms with Crippen LogP contribution in [-0.2, 0) is 0 Å². The van der Waals surface area contributed by atoms with Gasteiger partial charge in [-0.1, -0.05) is 109 Å². The minimum atomic E-state index is 0.618. The number of rotatable bonds is 4. The molecule has 0 spiro atoms. The molecule has 4 aromatic heterocycles. The van der Waals surface area contributed by atoms with E-state index in [9.17, 15) is 0 Å². The molecule has 0 aliphatic carbocycles. The Hall–Kier alpha value is -5.52. The first-order valence-electron chi connectivity index (χ1n) is 14.3. The molecule has 0 N–H and O–H groups in total. The van der Waals surface area contributed by atoms with E-state index >= 15 is 0 Å². The van der Waals surface area contributed by atoms with E-state index in [-0.39, 0.29) is 0 Å². The molecule has 0 saturated heterocycles. The molecule has 4 nitrogen and oxygen atoms in total. The highest BCUT2D eigenvalue weighted by molar-refractivity contribution is 7.27. The monoisotopic (exact) mass is 569 g/mol. The third-order valence-electron chi connectivity index (χ3n) is 8.05. The molecule has 0 atom stereocenters. The van der Waals surface area contributed by atoms with E-state index in [1.165, 1.54) is 15.6 Å². The Morgan fingerprint density at radius 2 is 1.14 bits per heavy atom. The first-order chi connectivity index (χ1) is 21.3. The summed E-state index contributed by atoms with van der Waals surface area (Å²) in [5.74, 6) is 0.618. The van der Waals surface area contributed by atoms with Gasteiger partial charge in [-0.05, 0) is 41.5 Å². The van der Waals surface area contributed by atoms with Crippen LogP contribution in [0.3, 0.4) is 0 Å². The maximum atomic E-state index is 6.53. The van der Waals surface area contributed by atoms with Gasteiger partial charge in [-0.3, -0.25) is 4.57 Å². The van der Waals surface area contributed by atoms with Gasteiger partial charge >= 0.3 is 0 Å². The number of aromatic nitrogens is 3. The summed E-state index contributed by atoms with van der Waals surface area (Å²) in [6.07, 6.45) is 0. The van der Waals surface area contributed by atoms with Gasteiger partial charge in [-0.2, -0.15) is 0 Å². The zero-order chi connectivity index (χ0) is 28.3. The maximum Gasteiger partial charge on any atom is 0.235 e. The van der Waals surface area contributed by atoms with E-state index in [1.54, 1.807) is 11.3 Å². The van der Waals surface area contributed by atoms with Crippen molar-refractivity contribution in [3.63, 3.8) is 0 Å². The summed E-state index contributed by atoms with van der Waals surface area (Å²) in [6.45, 7) is 0. The Labute approximate surface area is 251 Å². The average molecular weight is 570 g/mol. The number of furan rings is 1. The van der Waals surface area contributed by atoms with Gasteiger partial charge in [-0.25, -0.2) is 9.97 Å². The lowest BCUT2D eigenvalue weighted by molar-refractivity contribution is 0.671. The lowest BCUT2D eigenvalue weighted by Gasteiger charge is -2.12. The van der Waals surface area contributed by atoms with Crippen LogP contribution in [0.2, 0.25) is 0 Å². The number of benzene rings is 5. The van der Waals surface area contributed by atoms with E-state index in [0.717, 1.165) is 60.4 Å². The van der Waals surface area contributed by atoms with Gasteiger partial charge in [0.1, 0.15) is 11.1 Å². The molecule has 0 unspecified atom stereocenters. The molecule has 0 fully saturated rings. The highest BCUT2D eigenvalue weighted by atomic mass is 32.1. The molecule has 0 amide bonds. The minimum Gasteiger partial charge on any atom is -0.453 e. The second kappa shape index (κ2) is 9.51. The summed E-state index contributed by atoms with van der Waals surface area (Å²) in [5.41, 5.74) is 9.95. The van der Waals surface area contributed by atoms with Gasteiger partial charge in [0.05, 0.1) is 26.3 Å². The summed E-state index contributed by atoms with van der Waals surface area (Å²) in [4.78, 5) is 10.5. The normalized spacial score (nSPS) is 11.7. The summed E-state index contributed by atoms with van der Waals surface area (Å²) in [6, 6.07) is 48.2. The van der Waals surface area contributed by atoms with E-state index in [2.05, 4.69) is 108 Å². The Balaban J connectivity index is 1.35. The molecule has 5 heteroatoms. The van der Waals surface area contributed by atoms with Gasteiger partial charge in [0.25, 0.3) is 0 Å². The van der Waals surface area contributed by atoms with Crippen LogP contribution in [0.5, 0.6) is 0 Å². The van der Waals surface area contributed by atoms with Crippen LogP contribution in [0, 0.1) is 0 Å². The average Bonchev–Trinajstić information content (AvgIpc) is 3.73. The molecule has 0 saturated carbocycles. The number of fused-ring (bicyclic) bond motifs is 7. The highest BCUT2D eigenvalue weighted by Gasteiger charge is 2.24. The van der Waals surface area contributed by atoms with Crippen LogP contribution < -0.4 is 0 Å². The van der Waals surface area contributed by atoms with Crippen molar-refractivity contribution >= 4 is 53.7 Å². The number of nitrogens with zero attached hydrogens (tertiary/aromatic N) is 3. The van der Waals surface area contributed by atoms with Gasteiger partial charge < -0.3 is 4.42 Å². The van der Waals surface area contributed by atoms with Crippen molar-refractivity contribution in [1.82, 2.24) is 14.5 Å². The molecule has 9 rings (SSSR count). The summed E-state index contributed by atoms with van der Waals surface area (Å²) in [7, 11) is 0.